The Kier molecular flexibility index (Phi) is 5.29. The summed E-state index contributed by atoms with van der Waals surface area (Å²) in [7, 11) is 1.36. The van der Waals surface area contributed by atoms with Crippen LogP contribution in [0.25, 0.3) is 0 Å². The fraction of sp³-hybridized carbons (Fsp3) is 0.900. The molecule has 1 aliphatic heterocycles. The van der Waals surface area contributed by atoms with Gasteiger partial charge in [0.2, 0.25) is 5.91 Å². The topological polar surface area (TPSA) is 108 Å². The minimum Gasteiger partial charge on any atom is -0.396 e. The van der Waals surface area contributed by atoms with Crippen molar-refractivity contribution in [2.24, 2.45) is 0 Å². The van der Waals surface area contributed by atoms with Crippen LogP contribution in [0.5, 0.6) is 0 Å². The Morgan fingerprint density at radius 3 is 2.59 bits per heavy atom. The van der Waals surface area contributed by atoms with Crippen molar-refractivity contribution in [1.29, 1.82) is 0 Å². The van der Waals surface area contributed by atoms with Crippen LogP contribution in [-0.2, 0) is 14.3 Å². The molecule has 0 saturated carbocycles. The molecule has 0 aromatic rings. The Hall–Kier alpha value is -0.730. The van der Waals surface area contributed by atoms with Gasteiger partial charge < -0.3 is 30.1 Å². The van der Waals surface area contributed by atoms with Crippen LogP contribution in [0, 0.1) is 0 Å². The first-order chi connectivity index (χ1) is 8.01. The molecule has 17 heavy (non-hydrogen) atoms. The van der Waals surface area contributed by atoms with Crippen molar-refractivity contribution in [3.63, 3.8) is 0 Å². The van der Waals surface area contributed by atoms with Crippen LogP contribution in [0.1, 0.15) is 13.3 Å². The van der Waals surface area contributed by atoms with Gasteiger partial charge in [-0.25, -0.2) is 0 Å². The van der Waals surface area contributed by atoms with Crippen molar-refractivity contribution < 1.29 is 29.6 Å². The van der Waals surface area contributed by atoms with Crippen molar-refractivity contribution in [3.8, 4) is 0 Å². The fourth-order valence-corrected chi connectivity index (χ4v) is 1.79. The SMILES string of the molecule is COC1OC(C)C(NC(=O)CCO)C(O)C1O. The van der Waals surface area contributed by atoms with E-state index in [1.807, 2.05) is 0 Å². The van der Waals surface area contributed by atoms with Gasteiger partial charge in [-0.2, -0.15) is 0 Å². The molecule has 1 fully saturated rings. The van der Waals surface area contributed by atoms with Crippen LogP contribution in [-0.4, -0.2) is 65.6 Å². The number of hydrogen-bond donors (Lipinski definition) is 4. The number of carbonyl (C=O) groups excluding carboxylic acids is 1. The molecule has 1 amide bonds. The molecule has 4 N–H and O–H groups in total. The Morgan fingerprint density at radius 1 is 1.41 bits per heavy atom. The molecule has 0 aliphatic carbocycles. The summed E-state index contributed by atoms with van der Waals surface area (Å²) < 4.78 is 10.2. The molecule has 5 unspecified atom stereocenters. The average molecular weight is 249 g/mol. The molecule has 100 valence electrons. The standard InChI is InChI=1S/C10H19NO6/c1-5-7(11-6(13)3-4-12)8(14)9(15)10(16-2)17-5/h5,7-10,12,14-15H,3-4H2,1-2H3,(H,11,13). The van der Waals surface area contributed by atoms with Gasteiger partial charge in [-0.05, 0) is 6.92 Å². The Balaban J connectivity index is 2.63. The first-order valence-electron chi connectivity index (χ1n) is 5.46. The van der Waals surface area contributed by atoms with Gasteiger partial charge in [-0.3, -0.25) is 4.79 Å². The first kappa shape index (κ1) is 14.3. The first-order valence-corrected chi connectivity index (χ1v) is 5.46. The summed E-state index contributed by atoms with van der Waals surface area (Å²) in [5.41, 5.74) is 0. The maximum atomic E-state index is 11.3. The van der Waals surface area contributed by atoms with E-state index >= 15 is 0 Å². The zero-order valence-corrected chi connectivity index (χ0v) is 9.87. The summed E-state index contributed by atoms with van der Waals surface area (Å²) in [4.78, 5) is 11.3. The molecule has 0 aromatic carbocycles. The molecular formula is C10H19NO6. The number of aliphatic hydroxyl groups excluding tert-OH is 3. The van der Waals surface area contributed by atoms with Crippen molar-refractivity contribution in [2.75, 3.05) is 13.7 Å². The largest absolute Gasteiger partial charge is 0.396 e. The number of methoxy groups -OCH3 is 1. The number of hydrogen-bond acceptors (Lipinski definition) is 6. The van der Waals surface area contributed by atoms with E-state index in [9.17, 15) is 15.0 Å². The van der Waals surface area contributed by atoms with Gasteiger partial charge in [0.25, 0.3) is 0 Å². The van der Waals surface area contributed by atoms with E-state index in [2.05, 4.69) is 5.32 Å². The summed E-state index contributed by atoms with van der Waals surface area (Å²) in [6.07, 6.45) is -3.87. The maximum absolute atomic E-state index is 11.3. The minimum atomic E-state index is -1.23. The van der Waals surface area contributed by atoms with E-state index in [0.717, 1.165) is 0 Å². The molecule has 0 bridgehead atoms. The Morgan fingerprint density at radius 2 is 2.06 bits per heavy atom. The molecule has 0 spiro atoms. The van der Waals surface area contributed by atoms with E-state index in [1.165, 1.54) is 7.11 Å². The highest BCUT2D eigenvalue weighted by atomic mass is 16.7. The summed E-state index contributed by atoms with van der Waals surface area (Å²) in [6, 6.07) is -0.726. The Labute approximate surface area is 99.3 Å². The molecular weight excluding hydrogens is 230 g/mol. The van der Waals surface area contributed by atoms with Gasteiger partial charge in [-0.1, -0.05) is 0 Å². The van der Waals surface area contributed by atoms with Crippen LogP contribution in [0.15, 0.2) is 0 Å². The molecule has 5 atom stereocenters. The van der Waals surface area contributed by atoms with Crippen molar-refractivity contribution in [1.82, 2.24) is 5.32 Å². The zero-order valence-electron chi connectivity index (χ0n) is 9.87. The number of ether oxygens (including phenoxy) is 2. The molecule has 1 saturated heterocycles. The number of amides is 1. The third-order valence-electron chi connectivity index (χ3n) is 2.75. The molecule has 0 radical (unpaired) electrons. The highest BCUT2D eigenvalue weighted by Crippen LogP contribution is 2.21. The number of carbonyl (C=O) groups is 1. The predicted octanol–water partition coefficient (Wildman–Crippen LogP) is -2.03. The van der Waals surface area contributed by atoms with Crippen LogP contribution in [0.3, 0.4) is 0 Å². The quantitative estimate of drug-likeness (QED) is 0.457. The zero-order chi connectivity index (χ0) is 13.0. The second-order valence-corrected chi connectivity index (χ2v) is 3.99. The highest BCUT2D eigenvalue weighted by molar-refractivity contribution is 5.76. The van der Waals surface area contributed by atoms with E-state index in [0.29, 0.717) is 0 Å². The molecule has 1 rings (SSSR count). The lowest BCUT2D eigenvalue weighted by Crippen LogP contribution is -2.63. The van der Waals surface area contributed by atoms with E-state index in [-0.39, 0.29) is 13.0 Å². The monoisotopic (exact) mass is 249 g/mol. The molecule has 1 heterocycles. The number of aliphatic hydroxyl groups is 3. The number of nitrogens with one attached hydrogen (secondary N) is 1. The van der Waals surface area contributed by atoms with E-state index in [4.69, 9.17) is 14.6 Å². The summed E-state index contributed by atoms with van der Waals surface area (Å²) in [5, 5.41) is 30.6. The number of rotatable bonds is 4. The normalized spacial score (nSPS) is 37.8. The van der Waals surface area contributed by atoms with Gasteiger partial charge in [0.15, 0.2) is 6.29 Å². The molecule has 7 nitrogen and oxygen atoms in total. The Bertz CT molecular complexity index is 261. The van der Waals surface area contributed by atoms with Crippen molar-refractivity contribution in [2.45, 2.75) is 44.0 Å². The predicted molar refractivity (Wildman–Crippen MR) is 57.0 cm³/mol. The van der Waals surface area contributed by atoms with Gasteiger partial charge in [-0.15, -0.1) is 0 Å². The third-order valence-corrected chi connectivity index (χ3v) is 2.75. The van der Waals surface area contributed by atoms with E-state index in [1.54, 1.807) is 6.92 Å². The second kappa shape index (κ2) is 6.27. The van der Waals surface area contributed by atoms with Crippen LogP contribution < -0.4 is 5.32 Å². The van der Waals surface area contributed by atoms with Crippen molar-refractivity contribution in [3.05, 3.63) is 0 Å². The van der Waals surface area contributed by atoms with Crippen LogP contribution in [0.2, 0.25) is 0 Å². The van der Waals surface area contributed by atoms with Gasteiger partial charge in [0.05, 0.1) is 18.8 Å². The molecule has 7 heteroatoms. The second-order valence-electron chi connectivity index (χ2n) is 3.99. The molecule has 0 aromatic heterocycles. The lowest BCUT2D eigenvalue weighted by molar-refractivity contribution is -0.263. The van der Waals surface area contributed by atoms with Crippen LogP contribution >= 0.6 is 0 Å². The maximum Gasteiger partial charge on any atom is 0.222 e. The smallest absolute Gasteiger partial charge is 0.222 e. The average Bonchev–Trinajstić information content (AvgIpc) is 2.29. The van der Waals surface area contributed by atoms with Gasteiger partial charge in [0, 0.05) is 13.5 Å². The highest BCUT2D eigenvalue weighted by Gasteiger charge is 2.43. The van der Waals surface area contributed by atoms with Gasteiger partial charge in [0.1, 0.15) is 12.2 Å². The van der Waals surface area contributed by atoms with Gasteiger partial charge >= 0.3 is 0 Å². The summed E-state index contributed by atoms with van der Waals surface area (Å²) >= 11 is 0. The van der Waals surface area contributed by atoms with Crippen molar-refractivity contribution >= 4 is 5.91 Å². The summed E-state index contributed by atoms with van der Waals surface area (Å²) in [5.74, 6) is -0.407. The minimum absolute atomic E-state index is 0.0558. The van der Waals surface area contributed by atoms with E-state index < -0.39 is 36.6 Å². The summed E-state index contributed by atoms with van der Waals surface area (Å²) in [6.45, 7) is 1.39. The lowest BCUT2D eigenvalue weighted by atomic mass is 9.97. The third kappa shape index (κ3) is 3.36. The van der Waals surface area contributed by atoms with Crippen LogP contribution in [0.4, 0.5) is 0 Å². The lowest BCUT2D eigenvalue weighted by Gasteiger charge is -2.41. The fourth-order valence-electron chi connectivity index (χ4n) is 1.79. The molecule has 1 aliphatic rings.